The van der Waals surface area contributed by atoms with Crippen molar-refractivity contribution < 1.29 is 9.59 Å². The van der Waals surface area contributed by atoms with Crippen LogP contribution in [0.4, 0.5) is 5.69 Å². The van der Waals surface area contributed by atoms with E-state index >= 15 is 0 Å². The predicted octanol–water partition coefficient (Wildman–Crippen LogP) is 2.89. The number of hydrogen-bond acceptors (Lipinski definition) is 3. The fourth-order valence-corrected chi connectivity index (χ4v) is 2.94. The molecule has 0 saturated heterocycles. The zero-order valence-corrected chi connectivity index (χ0v) is 13.7. The third-order valence-corrected chi connectivity index (χ3v) is 4.47. The molecule has 2 rings (SSSR count). The quantitative estimate of drug-likeness (QED) is 0.776. The molecule has 0 bridgehead atoms. The van der Waals surface area contributed by atoms with E-state index in [4.69, 9.17) is 0 Å². The summed E-state index contributed by atoms with van der Waals surface area (Å²) in [5.41, 5.74) is 2.29. The van der Waals surface area contributed by atoms with Crippen molar-refractivity contribution in [1.82, 2.24) is 5.32 Å². The average molecular weight is 400 g/mol. The van der Waals surface area contributed by atoms with Gasteiger partial charge >= 0.3 is 0 Å². The highest BCUT2D eigenvalue weighted by Gasteiger charge is 2.08. The molecule has 0 aliphatic heterocycles. The molecule has 2 N–H and O–H groups in total. The third kappa shape index (κ3) is 4.04. The summed E-state index contributed by atoms with van der Waals surface area (Å²) < 4.78 is 1.08. The van der Waals surface area contributed by atoms with E-state index in [-0.39, 0.29) is 11.8 Å². The lowest BCUT2D eigenvalue weighted by molar-refractivity contribution is -0.119. The van der Waals surface area contributed by atoms with Crippen molar-refractivity contribution in [1.29, 1.82) is 0 Å². The molecule has 1 heterocycles. The molecule has 1 aromatic carbocycles. The van der Waals surface area contributed by atoms with Crippen molar-refractivity contribution in [3.63, 3.8) is 0 Å². The van der Waals surface area contributed by atoms with Crippen LogP contribution in [0.25, 0.3) is 0 Å². The van der Waals surface area contributed by atoms with E-state index in [1.54, 1.807) is 19.2 Å². The van der Waals surface area contributed by atoms with Gasteiger partial charge in [-0.05, 0) is 46.4 Å². The third-order valence-electron chi connectivity index (χ3n) is 2.68. The Morgan fingerprint density at radius 3 is 2.50 bits per heavy atom. The Morgan fingerprint density at radius 2 is 1.95 bits per heavy atom. The number of thiophene rings is 1. The average Bonchev–Trinajstić information content (AvgIpc) is 2.87. The monoisotopic (exact) mass is 400 g/mol. The molecule has 0 aliphatic rings. The van der Waals surface area contributed by atoms with Crippen LogP contribution in [0.15, 0.2) is 35.7 Å². The van der Waals surface area contributed by atoms with E-state index in [9.17, 15) is 9.59 Å². The van der Waals surface area contributed by atoms with Crippen molar-refractivity contribution in [3.8, 4) is 0 Å². The summed E-state index contributed by atoms with van der Waals surface area (Å²) >= 11 is 3.72. The van der Waals surface area contributed by atoms with Crippen LogP contribution in [-0.2, 0) is 11.2 Å². The molecule has 0 radical (unpaired) electrons. The van der Waals surface area contributed by atoms with E-state index < -0.39 is 0 Å². The second kappa shape index (κ2) is 6.85. The zero-order chi connectivity index (χ0) is 14.5. The number of carbonyl (C=O) groups excluding carboxylic acids is 2. The maximum atomic E-state index is 12.0. The number of rotatable bonds is 4. The van der Waals surface area contributed by atoms with Crippen LogP contribution < -0.4 is 10.6 Å². The summed E-state index contributed by atoms with van der Waals surface area (Å²) in [6.07, 6.45) is 0.341. The van der Waals surface area contributed by atoms with Crippen molar-refractivity contribution >= 4 is 51.4 Å². The molecule has 0 atom stereocenters. The van der Waals surface area contributed by atoms with Crippen LogP contribution >= 0.6 is 33.9 Å². The summed E-state index contributed by atoms with van der Waals surface area (Å²) in [4.78, 5) is 23.2. The van der Waals surface area contributed by atoms with E-state index in [0.29, 0.717) is 12.0 Å². The minimum absolute atomic E-state index is 0.0327. The number of halogens is 1. The minimum atomic E-state index is -0.122. The molecule has 20 heavy (non-hydrogen) atoms. The van der Waals surface area contributed by atoms with Crippen molar-refractivity contribution in [2.75, 3.05) is 12.4 Å². The highest BCUT2D eigenvalue weighted by Crippen LogP contribution is 2.18. The van der Waals surface area contributed by atoms with Gasteiger partial charge in [-0.3, -0.25) is 9.59 Å². The molecule has 2 amide bonds. The summed E-state index contributed by atoms with van der Waals surface area (Å²) in [5, 5.41) is 7.24. The fourth-order valence-electron chi connectivity index (χ4n) is 1.61. The maximum absolute atomic E-state index is 12.0. The van der Waals surface area contributed by atoms with Crippen LogP contribution in [0.3, 0.4) is 0 Å². The summed E-state index contributed by atoms with van der Waals surface area (Å²) in [5.74, 6) is -0.155. The SMILES string of the molecule is CNC(=O)Cc1ccc(NC(=O)c2csc(I)c2)cc1. The zero-order valence-electron chi connectivity index (χ0n) is 10.8. The molecule has 6 heteroatoms. The first-order valence-electron chi connectivity index (χ1n) is 5.93. The number of likely N-dealkylation sites (N-methyl/N-ethyl adjacent to an activating group) is 1. The first kappa shape index (κ1) is 15.0. The number of benzene rings is 1. The standard InChI is InChI=1S/C14H13IN2O2S/c1-16-13(18)6-9-2-4-11(5-3-9)17-14(19)10-7-12(15)20-8-10/h2-5,7-8H,6H2,1H3,(H,16,18)(H,17,19). The largest absolute Gasteiger partial charge is 0.359 e. The Kier molecular flexibility index (Phi) is 5.13. The van der Waals surface area contributed by atoms with Gasteiger partial charge in [0.2, 0.25) is 5.91 Å². The van der Waals surface area contributed by atoms with Gasteiger partial charge in [0.1, 0.15) is 0 Å². The van der Waals surface area contributed by atoms with Crippen LogP contribution in [0.1, 0.15) is 15.9 Å². The van der Waals surface area contributed by atoms with Crippen LogP contribution in [0.5, 0.6) is 0 Å². The van der Waals surface area contributed by atoms with E-state index in [1.807, 2.05) is 23.6 Å². The second-order valence-corrected chi connectivity index (χ2v) is 6.95. The number of hydrogen-bond donors (Lipinski definition) is 2. The molecule has 0 spiro atoms. The Balaban J connectivity index is 2.00. The van der Waals surface area contributed by atoms with E-state index in [0.717, 1.165) is 14.1 Å². The van der Waals surface area contributed by atoms with Gasteiger partial charge in [-0.25, -0.2) is 0 Å². The molecule has 0 fully saturated rings. The molecular formula is C14H13IN2O2S. The number of nitrogens with one attached hydrogen (secondary N) is 2. The summed E-state index contributed by atoms with van der Waals surface area (Å²) in [6.45, 7) is 0. The van der Waals surface area contributed by atoms with Gasteiger partial charge in [0.05, 0.1) is 14.9 Å². The molecule has 104 valence electrons. The van der Waals surface area contributed by atoms with Crippen molar-refractivity contribution in [3.05, 3.63) is 49.7 Å². The molecule has 0 unspecified atom stereocenters. The maximum Gasteiger partial charge on any atom is 0.256 e. The molecule has 2 aromatic rings. The highest BCUT2D eigenvalue weighted by molar-refractivity contribution is 14.1. The Hall–Kier alpha value is -1.41. The van der Waals surface area contributed by atoms with Crippen molar-refractivity contribution in [2.24, 2.45) is 0 Å². The summed E-state index contributed by atoms with van der Waals surface area (Å²) in [7, 11) is 1.61. The van der Waals surface area contributed by atoms with E-state index in [1.165, 1.54) is 11.3 Å². The van der Waals surface area contributed by atoms with Crippen molar-refractivity contribution in [2.45, 2.75) is 6.42 Å². The van der Waals surface area contributed by atoms with Gasteiger partial charge < -0.3 is 10.6 Å². The smallest absolute Gasteiger partial charge is 0.256 e. The number of carbonyl (C=O) groups is 2. The Labute approximate surface area is 134 Å². The van der Waals surface area contributed by atoms with Gasteiger partial charge in [-0.15, -0.1) is 11.3 Å². The topological polar surface area (TPSA) is 58.2 Å². The molecule has 0 saturated carbocycles. The van der Waals surface area contributed by atoms with Gasteiger partial charge in [0.25, 0.3) is 5.91 Å². The second-order valence-electron chi connectivity index (χ2n) is 4.14. The first-order valence-corrected chi connectivity index (χ1v) is 7.89. The fraction of sp³-hybridized carbons (Fsp3) is 0.143. The lowest BCUT2D eigenvalue weighted by Crippen LogP contribution is -2.19. The van der Waals surface area contributed by atoms with Crippen LogP contribution in [0, 0.1) is 2.88 Å². The summed E-state index contributed by atoms with van der Waals surface area (Å²) in [6, 6.07) is 9.12. The van der Waals surface area contributed by atoms with Crippen LogP contribution in [-0.4, -0.2) is 18.9 Å². The highest BCUT2D eigenvalue weighted by atomic mass is 127. The number of anilines is 1. The van der Waals surface area contributed by atoms with Gasteiger partial charge in [0.15, 0.2) is 0 Å². The van der Waals surface area contributed by atoms with Crippen LogP contribution in [0.2, 0.25) is 0 Å². The normalized spacial score (nSPS) is 10.1. The lowest BCUT2D eigenvalue weighted by atomic mass is 10.1. The number of amides is 2. The van der Waals surface area contributed by atoms with Gasteiger partial charge in [-0.1, -0.05) is 12.1 Å². The molecule has 0 aliphatic carbocycles. The lowest BCUT2D eigenvalue weighted by Gasteiger charge is -2.05. The first-order chi connectivity index (χ1) is 9.58. The van der Waals surface area contributed by atoms with Gasteiger partial charge in [0, 0.05) is 18.1 Å². The predicted molar refractivity (Wildman–Crippen MR) is 89.2 cm³/mol. The molecular weight excluding hydrogens is 387 g/mol. The Bertz CT molecular complexity index is 622. The minimum Gasteiger partial charge on any atom is -0.359 e. The van der Waals surface area contributed by atoms with E-state index in [2.05, 4.69) is 33.2 Å². The Morgan fingerprint density at radius 1 is 1.25 bits per heavy atom. The molecule has 4 nitrogen and oxygen atoms in total. The molecule has 1 aromatic heterocycles. The van der Waals surface area contributed by atoms with Gasteiger partial charge in [-0.2, -0.15) is 0 Å².